The summed E-state index contributed by atoms with van der Waals surface area (Å²) in [7, 11) is 7.90. The van der Waals surface area contributed by atoms with Crippen molar-refractivity contribution in [3.8, 4) is 22.3 Å². The SMILES string of the molecule is CCCc1ccc2[cH-]c(C)cc2c1-c1cc([Si](C)(C)C)cc([Si](C)(C)C)c1.[Cl][Zr+2][Cl].[c-]1cccc2c1[Si]c1ccccc1-2. The van der Waals surface area contributed by atoms with Gasteiger partial charge in [-0.2, -0.15) is 35.5 Å². The number of hydrogen-bond acceptors (Lipinski definition) is 0. The Hall–Kier alpha value is -1.40. The molecule has 0 N–H and O–H groups in total. The Balaban J connectivity index is 0.000000217. The van der Waals surface area contributed by atoms with Crippen LogP contribution in [0.15, 0.2) is 84.9 Å². The van der Waals surface area contributed by atoms with Crippen LogP contribution < -0.4 is 20.7 Å². The van der Waals surface area contributed by atoms with Crippen LogP contribution in [0.3, 0.4) is 0 Å². The van der Waals surface area contributed by atoms with Crippen molar-refractivity contribution in [3.05, 3.63) is 102 Å². The third-order valence-corrected chi connectivity index (χ3v) is 13.3. The van der Waals surface area contributed by atoms with Gasteiger partial charge in [-0.1, -0.05) is 134 Å². The molecule has 0 saturated heterocycles. The normalized spacial score (nSPS) is 12.0. The van der Waals surface area contributed by atoms with Crippen LogP contribution in [0.1, 0.15) is 24.5 Å². The first kappa shape index (κ1) is 34.5. The summed E-state index contributed by atoms with van der Waals surface area (Å²) in [4.78, 5) is 0. The molecule has 0 fully saturated rings. The van der Waals surface area contributed by atoms with Crippen molar-refractivity contribution in [2.45, 2.75) is 66.0 Å². The maximum Gasteiger partial charge on any atom is 0.0920 e. The van der Waals surface area contributed by atoms with E-state index in [-0.39, 0.29) is 0 Å². The van der Waals surface area contributed by atoms with Crippen molar-refractivity contribution in [2.75, 3.05) is 0 Å². The van der Waals surface area contributed by atoms with Crippen molar-refractivity contribution in [2.24, 2.45) is 0 Å². The summed E-state index contributed by atoms with van der Waals surface area (Å²) >= 11 is -0.826. The minimum atomic E-state index is -1.38. The van der Waals surface area contributed by atoms with Crippen LogP contribution in [-0.4, -0.2) is 25.7 Å². The molecule has 43 heavy (non-hydrogen) atoms. The Morgan fingerprint density at radius 3 is 2.07 bits per heavy atom. The molecule has 0 bridgehead atoms. The number of rotatable bonds is 5. The number of hydrogen-bond donors (Lipinski definition) is 0. The second-order valence-electron chi connectivity index (χ2n) is 13.4. The Bertz CT molecular complexity index is 1620. The number of halogens is 2. The molecule has 1 aliphatic heterocycles. The quantitative estimate of drug-likeness (QED) is 0.123. The van der Waals surface area contributed by atoms with Gasteiger partial charge in [0.15, 0.2) is 0 Å². The molecule has 5 aromatic carbocycles. The Morgan fingerprint density at radius 1 is 0.814 bits per heavy atom. The fourth-order valence-electron chi connectivity index (χ4n) is 5.66. The summed E-state index contributed by atoms with van der Waals surface area (Å²) in [5, 5.41) is 8.84. The minimum Gasteiger partial charge on any atom is -0.184 e. The number of fused-ring (bicyclic) bond motifs is 4. The predicted octanol–water partition coefficient (Wildman–Crippen LogP) is 9.08. The van der Waals surface area contributed by atoms with Gasteiger partial charge >= 0.3 is 37.9 Å². The Kier molecular flexibility index (Phi) is 11.9. The zero-order valence-corrected chi connectivity index (χ0v) is 33.7. The molecule has 220 valence electrons. The molecule has 6 rings (SSSR count). The summed E-state index contributed by atoms with van der Waals surface area (Å²) < 4.78 is 0. The van der Waals surface area contributed by atoms with E-state index in [2.05, 4.69) is 138 Å². The second kappa shape index (κ2) is 14.8. The molecule has 0 aliphatic carbocycles. The van der Waals surface area contributed by atoms with Gasteiger partial charge in [0.05, 0.1) is 25.7 Å². The molecule has 0 nitrogen and oxygen atoms in total. The van der Waals surface area contributed by atoms with Crippen molar-refractivity contribution >= 4 is 74.2 Å². The van der Waals surface area contributed by atoms with E-state index in [0.29, 0.717) is 0 Å². The molecule has 2 radical (unpaired) electrons. The average Bonchev–Trinajstić information content (AvgIpc) is 3.52. The van der Waals surface area contributed by atoms with Crippen LogP contribution in [0.4, 0.5) is 0 Å². The standard InChI is InChI=1S/C25H35Si2.C12H7Si.2ClH.Zr/c1-9-10-19-11-12-20-13-18(2)14-24(20)25(19)21-15-22(26(3,4)5)17-23(16-21)27(6,7)8;1-3-7-11-9(5-1)10-6-2-4-8-12(10)13-11;;;/h11-17H,9-10H2,1-8H3;1-7H;2*1H;/q2*-1;;;+4/p-2. The van der Waals surface area contributed by atoms with Gasteiger partial charge in [0.25, 0.3) is 0 Å². The number of benzene rings is 4. The van der Waals surface area contributed by atoms with Crippen molar-refractivity contribution < 1.29 is 20.8 Å². The minimum absolute atomic E-state index is 0.795. The third kappa shape index (κ3) is 8.45. The molecule has 0 atom stereocenters. The largest absolute Gasteiger partial charge is 0.184 e. The Labute approximate surface area is 283 Å². The molecule has 1 heterocycles. The predicted molar refractivity (Wildman–Crippen MR) is 197 cm³/mol. The van der Waals surface area contributed by atoms with E-state index in [0.717, 1.165) is 15.9 Å². The smallest absolute Gasteiger partial charge is 0.0920 e. The fraction of sp³-hybridized carbons (Fsp3) is 0.270. The summed E-state index contributed by atoms with van der Waals surface area (Å²) in [6.45, 7) is 19.3. The number of aryl methyl sites for hydroxylation is 2. The van der Waals surface area contributed by atoms with E-state index in [1.54, 1.807) is 10.4 Å². The van der Waals surface area contributed by atoms with E-state index < -0.39 is 37.0 Å². The molecule has 5 aromatic rings. The maximum atomic E-state index is 4.93. The molecule has 0 spiro atoms. The van der Waals surface area contributed by atoms with Crippen LogP contribution in [0.25, 0.3) is 33.0 Å². The molecular formula is C37H42Cl2Si3Zr. The molecular weight excluding hydrogens is 691 g/mol. The maximum absolute atomic E-state index is 4.93. The van der Waals surface area contributed by atoms with E-state index >= 15 is 0 Å². The summed E-state index contributed by atoms with van der Waals surface area (Å²) in [5.41, 5.74) is 8.58. The first-order valence-corrected chi connectivity index (χ1v) is 29.4. The molecule has 0 unspecified atom stereocenters. The molecule has 6 heteroatoms. The van der Waals surface area contributed by atoms with Gasteiger partial charge in [-0.25, -0.2) is 0 Å². The van der Waals surface area contributed by atoms with Crippen molar-refractivity contribution in [3.63, 3.8) is 0 Å². The van der Waals surface area contributed by atoms with Gasteiger partial charge in [0.2, 0.25) is 0 Å². The Morgan fingerprint density at radius 2 is 1.44 bits per heavy atom. The first-order chi connectivity index (χ1) is 20.4. The average molecular weight is 733 g/mol. The fourth-order valence-corrected chi connectivity index (χ4v) is 9.47. The summed E-state index contributed by atoms with van der Waals surface area (Å²) in [6.07, 6.45) is 2.34. The monoisotopic (exact) mass is 730 g/mol. The van der Waals surface area contributed by atoms with Crippen LogP contribution in [-0.2, 0) is 27.3 Å². The van der Waals surface area contributed by atoms with Gasteiger partial charge in [-0.05, 0) is 12.0 Å². The molecule has 0 aromatic heterocycles. The first-order valence-electron chi connectivity index (χ1n) is 15.1. The van der Waals surface area contributed by atoms with Crippen LogP contribution in [0.2, 0.25) is 39.3 Å². The second-order valence-corrected chi connectivity index (χ2v) is 28.6. The van der Waals surface area contributed by atoms with Gasteiger partial charge in [-0.15, -0.1) is 40.1 Å². The topological polar surface area (TPSA) is 0 Å². The zero-order valence-electron chi connectivity index (χ0n) is 26.8. The third-order valence-electron chi connectivity index (χ3n) is 7.93. The van der Waals surface area contributed by atoms with E-state index in [4.69, 9.17) is 17.0 Å². The van der Waals surface area contributed by atoms with Crippen LogP contribution in [0, 0.1) is 13.0 Å². The van der Waals surface area contributed by atoms with Crippen molar-refractivity contribution in [1.29, 1.82) is 0 Å². The summed E-state index contributed by atoms with van der Waals surface area (Å²) in [6, 6.07) is 35.2. The van der Waals surface area contributed by atoms with Gasteiger partial charge < -0.3 is 0 Å². The van der Waals surface area contributed by atoms with Gasteiger partial charge in [-0.3, -0.25) is 0 Å². The van der Waals surface area contributed by atoms with Crippen molar-refractivity contribution in [1.82, 2.24) is 0 Å². The van der Waals surface area contributed by atoms with E-state index in [9.17, 15) is 0 Å². The zero-order chi connectivity index (χ0) is 31.4. The molecule has 0 amide bonds. The molecule has 0 saturated carbocycles. The van der Waals surface area contributed by atoms with Crippen LogP contribution >= 0.6 is 17.0 Å². The van der Waals surface area contributed by atoms with E-state index in [1.165, 1.54) is 60.9 Å². The summed E-state index contributed by atoms with van der Waals surface area (Å²) in [5.74, 6) is 0. The van der Waals surface area contributed by atoms with Crippen LogP contribution in [0.5, 0.6) is 0 Å². The van der Waals surface area contributed by atoms with Gasteiger partial charge in [0, 0.05) is 0 Å². The van der Waals surface area contributed by atoms with Gasteiger partial charge in [0.1, 0.15) is 0 Å². The van der Waals surface area contributed by atoms with E-state index in [1.807, 2.05) is 6.07 Å². The molecule has 1 aliphatic rings.